The molecule has 0 aromatic carbocycles. The quantitative estimate of drug-likeness (QED) is 0.648. The molecule has 0 aliphatic rings. The minimum atomic E-state index is -1.27. The Morgan fingerprint density at radius 2 is 1.44 bits per heavy atom. The Morgan fingerprint density at radius 3 is 1.44 bits per heavy atom. The Balaban J connectivity index is 3.82. The van der Waals surface area contributed by atoms with Gasteiger partial charge in [-0.1, -0.05) is 20.8 Å². The van der Waals surface area contributed by atoms with Crippen molar-refractivity contribution in [3.8, 4) is 0 Å². The van der Waals surface area contributed by atoms with Gasteiger partial charge in [-0.25, -0.2) is 0 Å². The highest BCUT2D eigenvalue weighted by Gasteiger charge is 2.27. The molecule has 0 N–H and O–H groups in total. The summed E-state index contributed by atoms with van der Waals surface area (Å²) < 4.78 is 5.34. The Morgan fingerprint density at radius 1 is 1.11 bits per heavy atom. The fourth-order valence-corrected chi connectivity index (χ4v) is 4.80. The average Bonchev–Trinajstić information content (AvgIpc) is 1.95. The lowest BCUT2D eigenvalue weighted by atomic mass is 10.9. The molecular weight excluding hydrogens is 196 g/mol. The van der Waals surface area contributed by atoms with Crippen LogP contribution in [0.15, 0.2) is 0 Å². The van der Waals surface area contributed by atoms with Gasteiger partial charge in [0.2, 0.25) is 8.32 Å². The van der Waals surface area contributed by atoms with E-state index in [2.05, 4.69) is 37.0 Å². The smallest absolute Gasteiger partial charge is 0.210 e. The van der Waals surface area contributed by atoms with Crippen LogP contribution in [0.25, 0.3) is 0 Å². The fourth-order valence-electron chi connectivity index (χ4n) is 0.914. The molecule has 1 nitrogen and oxygen atoms in total. The summed E-state index contributed by atoms with van der Waals surface area (Å²) in [6, 6.07) is 3.64. The first-order chi connectivity index (χ1) is 4.24. The van der Waals surface area contributed by atoms with E-state index >= 15 is 0 Å². The lowest BCUT2D eigenvalue weighted by molar-refractivity contribution is 0.645. The van der Waals surface area contributed by atoms with Crippen molar-refractivity contribution in [1.29, 1.82) is 0 Å². The van der Waals surface area contributed by atoms with Crippen LogP contribution in [0.1, 0.15) is 20.8 Å². The van der Waals surface area contributed by atoms with E-state index in [9.17, 15) is 0 Å². The first kappa shape index (κ1) is 9.66. The first-order valence-electron chi connectivity index (χ1n) is 3.54. The molecule has 0 unspecified atom stereocenters. The number of halogens is 1. The van der Waals surface area contributed by atoms with E-state index in [4.69, 9.17) is 3.52 Å². The molecule has 0 spiro atoms. The molecule has 0 bridgehead atoms. The van der Waals surface area contributed by atoms with Crippen molar-refractivity contribution in [2.24, 2.45) is 0 Å². The highest BCUT2D eigenvalue weighted by molar-refractivity contribution is 9.06. The predicted molar refractivity (Wildman–Crippen MR) is 47.2 cm³/mol. The molecule has 0 aliphatic heterocycles. The highest BCUT2D eigenvalue weighted by atomic mass is 79.9. The molecule has 56 valence electrons. The third-order valence-corrected chi connectivity index (χ3v) is 8.35. The molecule has 3 heteroatoms. The molecule has 0 atom stereocenters. The minimum absolute atomic E-state index is 1.21. The molecule has 0 saturated carbocycles. The lowest BCUT2D eigenvalue weighted by Gasteiger charge is -2.22. The zero-order valence-electron chi connectivity index (χ0n) is 6.41. The Hall–Kier alpha value is 0.657. The van der Waals surface area contributed by atoms with Crippen molar-refractivity contribution in [3.05, 3.63) is 0 Å². The Kier molecular flexibility index (Phi) is 4.80. The third kappa shape index (κ3) is 2.39. The summed E-state index contributed by atoms with van der Waals surface area (Å²) in [5, 5.41) is 0. The molecule has 0 radical (unpaired) electrons. The van der Waals surface area contributed by atoms with Crippen LogP contribution in [0.5, 0.6) is 0 Å². The van der Waals surface area contributed by atoms with E-state index in [0.29, 0.717) is 0 Å². The van der Waals surface area contributed by atoms with Gasteiger partial charge < -0.3 is 3.52 Å². The number of rotatable bonds is 4. The van der Waals surface area contributed by atoms with Gasteiger partial charge in [-0.15, -0.1) is 0 Å². The molecule has 0 rings (SSSR count). The van der Waals surface area contributed by atoms with Gasteiger partial charge in [0, 0.05) is 0 Å². The van der Waals surface area contributed by atoms with E-state index < -0.39 is 8.32 Å². The van der Waals surface area contributed by atoms with Crippen LogP contribution in [0.3, 0.4) is 0 Å². The normalized spacial score (nSPS) is 12.0. The molecule has 9 heavy (non-hydrogen) atoms. The SMILES string of the molecule is CC[Si](CC)(CC)OBr. The maximum Gasteiger partial charge on any atom is 0.210 e. The second-order valence-electron chi connectivity index (χ2n) is 2.32. The predicted octanol–water partition coefficient (Wildman–Crippen LogP) is 3.32. The zero-order valence-corrected chi connectivity index (χ0v) is 8.99. The monoisotopic (exact) mass is 210 g/mol. The van der Waals surface area contributed by atoms with E-state index in [0.717, 1.165) is 0 Å². The van der Waals surface area contributed by atoms with Gasteiger partial charge in [0.05, 0.1) is 16.3 Å². The molecule has 0 aromatic rings. The van der Waals surface area contributed by atoms with Crippen molar-refractivity contribution in [2.45, 2.75) is 38.9 Å². The minimum Gasteiger partial charge on any atom is -0.351 e. The van der Waals surface area contributed by atoms with Gasteiger partial charge in [0.15, 0.2) is 0 Å². The van der Waals surface area contributed by atoms with Crippen LogP contribution < -0.4 is 0 Å². The lowest BCUT2D eigenvalue weighted by Crippen LogP contribution is -2.31. The van der Waals surface area contributed by atoms with Gasteiger partial charge >= 0.3 is 0 Å². The van der Waals surface area contributed by atoms with Crippen LogP contribution in [0, 0.1) is 0 Å². The van der Waals surface area contributed by atoms with Gasteiger partial charge in [0.1, 0.15) is 0 Å². The van der Waals surface area contributed by atoms with E-state index in [-0.39, 0.29) is 0 Å². The highest BCUT2D eigenvalue weighted by Crippen LogP contribution is 2.23. The molecule has 0 aliphatic carbocycles. The average molecular weight is 211 g/mol. The first-order valence-corrected chi connectivity index (χ1v) is 6.72. The number of hydrogen-bond acceptors (Lipinski definition) is 1. The molecule has 0 saturated heterocycles. The summed E-state index contributed by atoms with van der Waals surface area (Å²) in [7, 11) is -1.27. The maximum atomic E-state index is 5.34. The summed E-state index contributed by atoms with van der Waals surface area (Å²) in [4.78, 5) is 0. The summed E-state index contributed by atoms with van der Waals surface area (Å²) in [5.41, 5.74) is 0. The molecule has 0 heterocycles. The van der Waals surface area contributed by atoms with E-state index in [1.165, 1.54) is 18.1 Å². The molecular formula is C6H15BrOSi. The third-order valence-electron chi connectivity index (χ3n) is 2.10. The maximum absolute atomic E-state index is 5.34. The summed E-state index contributed by atoms with van der Waals surface area (Å²) in [6.07, 6.45) is 0. The molecule has 0 amide bonds. The second kappa shape index (κ2) is 4.47. The molecule has 0 aromatic heterocycles. The summed E-state index contributed by atoms with van der Waals surface area (Å²) in [5.74, 6) is 0. The van der Waals surface area contributed by atoms with Crippen LogP contribution in [-0.2, 0) is 3.52 Å². The van der Waals surface area contributed by atoms with Crippen LogP contribution in [-0.4, -0.2) is 8.32 Å². The largest absolute Gasteiger partial charge is 0.351 e. The fraction of sp³-hybridized carbons (Fsp3) is 1.00. The zero-order chi connectivity index (χ0) is 7.33. The van der Waals surface area contributed by atoms with Crippen molar-refractivity contribution in [1.82, 2.24) is 0 Å². The van der Waals surface area contributed by atoms with Gasteiger partial charge in [-0.3, -0.25) is 0 Å². The topological polar surface area (TPSA) is 9.23 Å². The van der Waals surface area contributed by atoms with Crippen molar-refractivity contribution < 1.29 is 3.52 Å². The Bertz CT molecular complexity index is 55.9. The van der Waals surface area contributed by atoms with Crippen LogP contribution in [0.2, 0.25) is 18.1 Å². The summed E-state index contributed by atoms with van der Waals surface area (Å²) in [6.45, 7) is 6.63. The summed E-state index contributed by atoms with van der Waals surface area (Å²) >= 11 is 3.12. The molecule has 0 fully saturated rings. The van der Waals surface area contributed by atoms with Crippen molar-refractivity contribution in [3.63, 3.8) is 0 Å². The standard InChI is InChI=1S/C6H15BrOSi/c1-4-9(5-2,6-3)8-7/h4-6H2,1-3H3. The second-order valence-corrected chi connectivity index (χ2v) is 7.93. The van der Waals surface area contributed by atoms with Crippen LogP contribution >= 0.6 is 16.3 Å². The van der Waals surface area contributed by atoms with Gasteiger partial charge in [0.25, 0.3) is 0 Å². The van der Waals surface area contributed by atoms with Gasteiger partial charge in [-0.05, 0) is 18.1 Å². The van der Waals surface area contributed by atoms with Crippen LogP contribution in [0.4, 0.5) is 0 Å². The van der Waals surface area contributed by atoms with Crippen molar-refractivity contribution in [2.75, 3.05) is 0 Å². The van der Waals surface area contributed by atoms with E-state index in [1.54, 1.807) is 0 Å². The van der Waals surface area contributed by atoms with Crippen molar-refractivity contribution >= 4 is 24.6 Å². The van der Waals surface area contributed by atoms with Gasteiger partial charge in [-0.2, -0.15) is 0 Å². The Labute approximate surface area is 67.4 Å². The van der Waals surface area contributed by atoms with E-state index in [1.807, 2.05) is 0 Å². The number of hydrogen-bond donors (Lipinski definition) is 0.